The fourth-order valence-corrected chi connectivity index (χ4v) is 19.0. The van der Waals surface area contributed by atoms with Crippen molar-refractivity contribution in [2.75, 3.05) is 0 Å². The first-order valence-corrected chi connectivity index (χ1v) is 35.6. The Kier molecular flexibility index (Phi) is 11.0. The molecule has 0 bridgehead atoms. The molecule has 1 atom stereocenters. The molecule has 0 amide bonds. The third-order valence-corrected chi connectivity index (χ3v) is 22.9. The van der Waals surface area contributed by atoms with Crippen LogP contribution in [0.25, 0.3) is 183 Å². The van der Waals surface area contributed by atoms with Crippen molar-refractivity contribution in [1.29, 1.82) is 0 Å². The minimum Gasteiger partial charge on any atom is -0.310 e. The van der Waals surface area contributed by atoms with Gasteiger partial charge in [-0.25, -0.2) is 15.0 Å². The van der Waals surface area contributed by atoms with Crippen LogP contribution < -0.4 is 16.4 Å². The van der Waals surface area contributed by atoms with E-state index in [0.717, 1.165) is 83.7 Å². The van der Waals surface area contributed by atoms with E-state index in [4.69, 9.17) is 15.0 Å². The molecule has 8 heterocycles. The van der Waals surface area contributed by atoms with Crippen molar-refractivity contribution in [2.45, 2.75) is 5.92 Å². The third-order valence-electron chi connectivity index (χ3n) is 22.9. The van der Waals surface area contributed by atoms with E-state index in [1.807, 2.05) is 0 Å². The number of para-hydroxylation sites is 6. The van der Waals surface area contributed by atoms with Gasteiger partial charge in [0.05, 0.1) is 55.2 Å². The maximum absolute atomic E-state index is 5.63. The van der Waals surface area contributed by atoms with E-state index in [9.17, 15) is 0 Å². The second-order valence-corrected chi connectivity index (χ2v) is 28.0. The van der Waals surface area contributed by atoms with Crippen LogP contribution in [0.2, 0.25) is 0 Å². The van der Waals surface area contributed by atoms with E-state index in [-0.39, 0.29) is 12.6 Å². The molecule has 3 aliphatic rings. The van der Waals surface area contributed by atoms with Crippen LogP contribution in [0, 0.1) is 0 Å². The summed E-state index contributed by atoms with van der Waals surface area (Å²) in [6, 6.07) is 121. The molecule has 2 aliphatic heterocycles. The highest BCUT2D eigenvalue weighted by molar-refractivity contribution is 7.00. The van der Waals surface area contributed by atoms with Gasteiger partial charge in [0.1, 0.15) is 0 Å². The van der Waals surface area contributed by atoms with Gasteiger partial charge in [-0.2, -0.15) is 0 Å². The molecule has 1 unspecified atom stereocenters. The van der Waals surface area contributed by atoms with Gasteiger partial charge in [-0.05, 0) is 141 Å². The molecule has 103 heavy (non-hydrogen) atoms. The summed E-state index contributed by atoms with van der Waals surface area (Å²) >= 11 is 0. The Bertz CT molecular complexity index is 7210. The first kappa shape index (κ1) is 55.3. The summed E-state index contributed by atoms with van der Waals surface area (Å²) in [6.07, 6.45) is 0. The molecular weight excluding hydrogens is 1250 g/mol. The molecule has 0 saturated heterocycles. The molecule has 15 aromatic carbocycles. The first-order chi connectivity index (χ1) is 51.2. The predicted molar refractivity (Wildman–Crippen MR) is 425 cm³/mol. The van der Waals surface area contributed by atoms with Crippen molar-refractivity contribution in [3.8, 4) is 73.7 Å². The molecule has 21 aromatic rings. The Balaban J connectivity index is 0.946. The molecule has 1 aliphatic carbocycles. The topological polar surface area (TPSA) is 63.3 Å². The Morgan fingerprint density at radius 3 is 1.15 bits per heavy atom. The SMILES string of the molecule is c1ccc(-c2nc(-c3ccccc3)nc(-c3cc4c5c(c3)-n3c6ccc7c(c8ccccc8n7-c7ccccc7)c6c6c7c8ccccc8n(-c8ccccc8)c7cc(c63)B5c3cc5c(c6c7c8c9ccccc9n(-c9ccccc9)c8ccc7n-4c36)-c3ccccc3C5c3ccccc3)n2)cc1. The van der Waals surface area contributed by atoms with Crippen molar-refractivity contribution < 1.29 is 0 Å². The molecular formula is C94H55BN8. The molecule has 0 spiro atoms. The molecule has 0 radical (unpaired) electrons. The van der Waals surface area contributed by atoms with E-state index in [1.54, 1.807) is 0 Å². The lowest BCUT2D eigenvalue weighted by atomic mass is 9.34. The van der Waals surface area contributed by atoms with Gasteiger partial charge in [0.15, 0.2) is 17.5 Å². The molecule has 0 saturated carbocycles. The van der Waals surface area contributed by atoms with Gasteiger partial charge in [0.2, 0.25) is 0 Å². The standard InChI is InChI=1S/C94H55BN8/c1-7-27-55(28-8-1)80-62-39-19-20-40-63(62)81-67(80)53-68-90-87(81)85-75(49-47-73-82(85)64-41-21-24-44-70(64)99(73)59-33-13-4-14-34-59)102(90)78-51-58(94-97-92(56-29-9-2-10-30-56)96-93(98-94)57-31-11-3-12-32-57)52-79-89(78)95(68)69-54-77-84(66-43-23-26-46-72(66)101(77)61-37-17-6-18-38-61)88-86-76(103(79)91(69)88)50-48-74-83(86)65-42-22-25-45-71(65)100(74)60-35-15-5-16-36-60/h1-54,80H. The van der Waals surface area contributed by atoms with Gasteiger partial charge in [-0.3, -0.25) is 0 Å². The minimum absolute atomic E-state index is 0.0469. The zero-order valence-electron chi connectivity index (χ0n) is 55.4. The van der Waals surface area contributed by atoms with Crippen LogP contribution in [0.4, 0.5) is 0 Å². The number of nitrogens with zero attached hydrogens (tertiary/aromatic N) is 8. The van der Waals surface area contributed by atoms with E-state index in [2.05, 4.69) is 350 Å². The summed E-state index contributed by atoms with van der Waals surface area (Å²) < 4.78 is 12.9. The second-order valence-electron chi connectivity index (χ2n) is 28.0. The molecule has 9 heteroatoms. The highest BCUT2D eigenvalue weighted by Crippen LogP contribution is 2.56. The molecule has 0 N–H and O–H groups in total. The maximum atomic E-state index is 5.63. The van der Waals surface area contributed by atoms with Crippen LogP contribution in [-0.4, -0.2) is 44.5 Å². The normalized spacial score (nSPS) is 13.5. The van der Waals surface area contributed by atoms with E-state index >= 15 is 0 Å². The fourth-order valence-electron chi connectivity index (χ4n) is 19.0. The lowest BCUT2D eigenvalue weighted by Gasteiger charge is -2.35. The van der Waals surface area contributed by atoms with Crippen LogP contribution >= 0.6 is 0 Å². The van der Waals surface area contributed by atoms with Crippen LogP contribution in [0.15, 0.2) is 328 Å². The van der Waals surface area contributed by atoms with Crippen molar-refractivity contribution >= 4 is 132 Å². The van der Waals surface area contributed by atoms with E-state index in [0.29, 0.717) is 17.5 Å². The maximum Gasteiger partial charge on any atom is 0.252 e. The largest absolute Gasteiger partial charge is 0.310 e. The molecule has 6 aromatic heterocycles. The zero-order valence-corrected chi connectivity index (χ0v) is 55.4. The Labute approximate surface area is 590 Å². The smallest absolute Gasteiger partial charge is 0.252 e. The van der Waals surface area contributed by atoms with Gasteiger partial charge in [0, 0.05) is 105 Å². The van der Waals surface area contributed by atoms with Crippen molar-refractivity contribution in [1.82, 2.24) is 37.8 Å². The summed E-state index contributed by atoms with van der Waals surface area (Å²) in [5.41, 5.74) is 30.2. The number of rotatable bonds is 7. The van der Waals surface area contributed by atoms with Gasteiger partial charge in [-0.15, -0.1) is 0 Å². The van der Waals surface area contributed by atoms with Crippen molar-refractivity contribution in [3.05, 3.63) is 344 Å². The third kappa shape index (κ3) is 7.31. The Hall–Kier alpha value is -13.6. The highest BCUT2D eigenvalue weighted by Gasteiger charge is 2.46. The lowest BCUT2D eigenvalue weighted by Crippen LogP contribution is -2.59. The summed E-state index contributed by atoms with van der Waals surface area (Å²) in [7, 11) is 0. The quantitative estimate of drug-likeness (QED) is 0.149. The monoisotopic (exact) mass is 1310 g/mol. The molecule has 8 nitrogen and oxygen atoms in total. The Morgan fingerprint density at radius 2 is 0.641 bits per heavy atom. The lowest BCUT2D eigenvalue weighted by molar-refractivity contribution is 1.02. The zero-order chi connectivity index (χ0) is 66.9. The van der Waals surface area contributed by atoms with Crippen molar-refractivity contribution in [2.24, 2.45) is 0 Å². The summed E-state index contributed by atoms with van der Waals surface area (Å²) in [5, 5.41) is 12.3. The summed E-state index contributed by atoms with van der Waals surface area (Å²) in [6.45, 7) is -0.296. The van der Waals surface area contributed by atoms with Crippen molar-refractivity contribution in [3.63, 3.8) is 0 Å². The average molecular weight is 1310 g/mol. The second kappa shape index (κ2) is 20.5. The number of aromatic nitrogens is 8. The Morgan fingerprint density at radius 1 is 0.262 bits per heavy atom. The van der Waals surface area contributed by atoms with Crippen LogP contribution in [-0.2, 0) is 0 Å². The predicted octanol–water partition coefficient (Wildman–Crippen LogP) is 20.7. The number of hydrogen-bond donors (Lipinski definition) is 0. The minimum atomic E-state index is -0.296. The highest BCUT2D eigenvalue weighted by atomic mass is 15.1. The fraction of sp³-hybridized carbons (Fsp3) is 0.0106. The van der Waals surface area contributed by atoms with Crippen LogP contribution in [0.5, 0.6) is 0 Å². The van der Waals surface area contributed by atoms with Gasteiger partial charge in [0.25, 0.3) is 6.71 Å². The average Bonchev–Trinajstić information content (AvgIpc) is 1.51. The first-order valence-electron chi connectivity index (χ1n) is 35.6. The van der Waals surface area contributed by atoms with E-state index < -0.39 is 0 Å². The van der Waals surface area contributed by atoms with Gasteiger partial charge in [-0.1, -0.05) is 231 Å². The number of hydrogen-bond acceptors (Lipinski definition) is 3. The number of fused-ring (bicyclic) bond motifs is 26. The molecule has 24 rings (SSSR count). The van der Waals surface area contributed by atoms with Gasteiger partial charge < -0.3 is 22.8 Å². The van der Waals surface area contributed by atoms with Gasteiger partial charge >= 0.3 is 0 Å². The van der Waals surface area contributed by atoms with Crippen LogP contribution in [0.1, 0.15) is 22.6 Å². The van der Waals surface area contributed by atoms with E-state index in [1.165, 1.54) is 115 Å². The summed E-state index contributed by atoms with van der Waals surface area (Å²) in [5.74, 6) is 1.77. The summed E-state index contributed by atoms with van der Waals surface area (Å²) in [4.78, 5) is 16.6. The molecule has 474 valence electrons. The van der Waals surface area contributed by atoms with Crippen LogP contribution in [0.3, 0.4) is 0 Å². The number of benzene rings is 15. The molecule has 0 fully saturated rings.